The Kier molecular flexibility index (Phi) is 6.74. The Morgan fingerprint density at radius 2 is 2.06 bits per heavy atom. The summed E-state index contributed by atoms with van der Waals surface area (Å²) < 4.78 is 5.47. The molecule has 0 aromatic carbocycles. The average molecular weight is 225 g/mol. The van der Waals surface area contributed by atoms with Gasteiger partial charge in [-0.25, -0.2) is 0 Å². The van der Waals surface area contributed by atoms with Gasteiger partial charge in [0.1, 0.15) is 0 Å². The van der Waals surface area contributed by atoms with E-state index in [9.17, 15) is 0 Å². The number of hydrogen-bond donors (Lipinski definition) is 1. The minimum Gasteiger partial charge on any atom is -0.376 e. The van der Waals surface area contributed by atoms with Crippen molar-refractivity contribution in [1.29, 1.82) is 0 Å². The molecule has 1 saturated carbocycles. The summed E-state index contributed by atoms with van der Waals surface area (Å²) in [5.41, 5.74) is 1.10. The second kappa shape index (κ2) is 7.86. The molecular formula is C14H27NO. The lowest BCUT2D eigenvalue weighted by atomic mass is 9.84. The van der Waals surface area contributed by atoms with E-state index in [1.165, 1.54) is 32.1 Å². The average Bonchev–Trinajstić information content (AvgIpc) is 2.29. The first-order chi connectivity index (χ1) is 7.70. The van der Waals surface area contributed by atoms with Gasteiger partial charge in [-0.2, -0.15) is 0 Å². The maximum atomic E-state index is 5.47. The van der Waals surface area contributed by atoms with Crippen molar-refractivity contribution < 1.29 is 4.74 Å². The van der Waals surface area contributed by atoms with Crippen molar-refractivity contribution in [3.8, 4) is 0 Å². The molecular weight excluding hydrogens is 198 g/mol. The lowest BCUT2D eigenvalue weighted by Gasteiger charge is -2.28. The van der Waals surface area contributed by atoms with Gasteiger partial charge < -0.3 is 10.1 Å². The minimum absolute atomic E-state index is 0.647. The Labute approximate surface area is 100 Å². The van der Waals surface area contributed by atoms with Gasteiger partial charge in [0.2, 0.25) is 0 Å². The highest BCUT2D eigenvalue weighted by molar-refractivity contribution is 4.87. The van der Waals surface area contributed by atoms with Crippen LogP contribution < -0.4 is 5.32 Å². The molecule has 16 heavy (non-hydrogen) atoms. The zero-order valence-electron chi connectivity index (χ0n) is 10.9. The summed E-state index contributed by atoms with van der Waals surface area (Å²) in [6.07, 6.45) is 7.08. The molecule has 1 aliphatic carbocycles. The summed E-state index contributed by atoms with van der Waals surface area (Å²) in [7, 11) is 0. The SMILES string of the molecule is C=C(C)COCCNC(C)C1CCCCC1. The summed E-state index contributed by atoms with van der Waals surface area (Å²) >= 11 is 0. The highest BCUT2D eigenvalue weighted by atomic mass is 16.5. The molecule has 94 valence electrons. The molecule has 0 aliphatic heterocycles. The van der Waals surface area contributed by atoms with E-state index in [-0.39, 0.29) is 0 Å². The van der Waals surface area contributed by atoms with Gasteiger partial charge in [0.15, 0.2) is 0 Å². The van der Waals surface area contributed by atoms with Crippen LogP contribution in [0.5, 0.6) is 0 Å². The van der Waals surface area contributed by atoms with Gasteiger partial charge in [0.05, 0.1) is 13.2 Å². The Balaban J connectivity index is 2.00. The van der Waals surface area contributed by atoms with Crippen molar-refractivity contribution in [2.45, 2.75) is 52.0 Å². The predicted molar refractivity (Wildman–Crippen MR) is 69.7 cm³/mol. The molecule has 1 fully saturated rings. The third-order valence-corrected chi connectivity index (χ3v) is 3.42. The maximum absolute atomic E-state index is 5.47. The molecule has 0 spiro atoms. The molecule has 1 N–H and O–H groups in total. The second-order valence-corrected chi connectivity index (χ2v) is 5.15. The fourth-order valence-electron chi connectivity index (χ4n) is 2.41. The van der Waals surface area contributed by atoms with Crippen molar-refractivity contribution >= 4 is 0 Å². The van der Waals surface area contributed by atoms with Crippen LogP contribution in [-0.4, -0.2) is 25.8 Å². The number of hydrogen-bond acceptors (Lipinski definition) is 2. The summed E-state index contributed by atoms with van der Waals surface area (Å²) in [4.78, 5) is 0. The first-order valence-corrected chi connectivity index (χ1v) is 6.65. The molecule has 0 heterocycles. The first kappa shape index (κ1) is 13.7. The Morgan fingerprint density at radius 1 is 1.38 bits per heavy atom. The molecule has 0 bridgehead atoms. The normalized spacial score (nSPS) is 19.6. The fourth-order valence-corrected chi connectivity index (χ4v) is 2.41. The van der Waals surface area contributed by atoms with Gasteiger partial charge in [-0.3, -0.25) is 0 Å². The quantitative estimate of drug-likeness (QED) is 0.531. The monoisotopic (exact) mass is 225 g/mol. The van der Waals surface area contributed by atoms with Crippen LogP contribution in [0.25, 0.3) is 0 Å². The zero-order chi connectivity index (χ0) is 11.8. The van der Waals surface area contributed by atoms with Crippen LogP contribution in [0.2, 0.25) is 0 Å². The van der Waals surface area contributed by atoms with Gasteiger partial charge in [-0.05, 0) is 32.6 Å². The van der Waals surface area contributed by atoms with Crippen molar-refractivity contribution in [2.75, 3.05) is 19.8 Å². The van der Waals surface area contributed by atoms with Crippen LogP contribution >= 0.6 is 0 Å². The van der Waals surface area contributed by atoms with Crippen LogP contribution in [0.3, 0.4) is 0 Å². The second-order valence-electron chi connectivity index (χ2n) is 5.15. The molecule has 0 saturated heterocycles. The van der Waals surface area contributed by atoms with Crippen LogP contribution in [0, 0.1) is 5.92 Å². The van der Waals surface area contributed by atoms with Crippen LogP contribution in [0.15, 0.2) is 12.2 Å². The van der Waals surface area contributed by atoms with Crippen LogP contribution in [0.1, 0.15) is 46.0 Å². The molecule has 1 aliphatic rings. The molecule has 0 radical (unpaired) electrons. The summed E-state index contributed by atoms with van der Waals surface area (Å²) in [6.45, 7) is 10.6. The summed E-state index contributed by atoms with van der Waals surface area (Å²) in [6, 6.07) is 0.647. The van der Waals surface area contributed by atoms with Crippen LogP contribution in [-0.2, 0) is 4.74 Å². The highest BCUT2D eigenvalue weighted by Crippen LogP contribution is 2.26. The third kappa shape index (κ3) is 5.66. The van der Waals surface area contributed by atoms with Crippen LogP contribution in [0.4, 0.5) is 0 Å². The molecule has 0 amide bonds. The van der Waals surface area contributed by atoms with Crippen molar-refractivity contribution in [2.24, 2.45) is 5.92 Å². The van der Waals surface area contributed by atoms with Crippen molar-refractivity contribution in [3.05, 3.63) is 12.2 Å². The molecule has 1 atom stereocenters. The van der Waals surface area contributed by atoms with Gasteiger partial charge in [-0.1, -0.05) is 31.4 Å². The maximum Gasteiger partial charge on any atom is 0.0672 e. The largest absolute Gasteiger partial charge is 0.376 e. The summed E-state index contributed by atoms with van der Waals surface area (Å²) in [5, 5.41) is 3.57. The minimum atomic E-state index is 0.647. The van der Waals surface area contributed by atoms with E-state index in [0.717, 1.165) is 24.6 Å². The zero-order valence-corrected chi connectivity index (χ0v) is 10.9. The summed E-state index contributed by atoms with van der Waals surface area (Å²) in [5.74, 6) is 0.884. The number of ether oxygens (including phenoxy) is 1. The Hall–Kier alpha value is -0.340. The standard InChI is InChI=1S/C14H27NO/c1-12(2)11-16-10-9-15-13(3)14-7-5-4-6-8-14/h13-15H,1,4-11H2,2-3H3. The molecule has 0 aromatic heterocycles. The van der Waals surface area contributed by atoms with Gasteiger partial charge in [-0.15, -0.1) is 0 Å². The Morgan fingerprint density at radius 3 is 2.69 bits per heavy atom. The fraction of sp³-hybridized carbons (Fsp3) is 0.857. The third-order valence-electron chi connectivity index (χ3n) is 3.42. The van der Waals surface area contributed by atoms with E-state index < -0.39 is 0 Å². The van der Waals surface area contributed by atoms with Gasteiger partial charge in [0, 0.05) is 12.6 Å². The van der Waals surface area contributed by atoms with Crippen molar-refractivity contribution in [3.63, 3.8) is 0 Å². The van der Waals surface area contributed by atoms with Crippen molar-refractivity contribution in [1.82, 2.24) is 5.32 Å². The van der Waals surface area contributed by atoms with Gasteiger partial charge >= 0.3 is 0 Å². The number of nitrogens with one attached hydrogen (secondary N) is 1. The molecule has 2 heteroatoms. The Bertz CT molecular complexity index is 197. The van der Waals surface area contributed by atoms with E-state index in [4.69, 9.17) is 4.74 Å². The smallest absolute Gasteiger partial charge is 0.0672 e. The molecule has 2 nitrogen and oxygen atoms in total. The highest BCUT2D eigenvalue weighted by Gasteiger charge is 2.18. The predicted octanol–water partition coefficient (Wildman–Crippen LogP) is 3.14. The van der Waals surface area contributed by atoms with E-state index in [1.54, 1.807) is 0 Å². The number of rotatable bonds is 7. The van der Waals surface area contributed by atoms with Gasteiger partial charge in [0.25, 0.3) is 0 Å². The van der Waals surface area contributed by atoms with E-state index >= 15 is 0 Å². The molecule has 1 rings (SSSR count). The van der Waals surface area contributed by atoms with E-state index in [0.29, 0.717) is 12.6 Å². The lowest BCUT2D eigenvalue weighted by Crippen LogP contribution is -2.36. The van der Waals surface area contributed by atoms with E-state index in [1.807, 2.05) is 6.92 Å². The van der Waals surface area contributed by atoms with E-state index in [2.05, 4.69) is 18.8 Å². The first-order valence-electron chi connectivity index (χ1n) is 6.65. The lowest BCUT2D eigenvalue weighted by molar-refractivity contribution is 0.151. The molecule has 0 aromatic rings. The topological polar surface area (TPSA) is 21.3 Å². The molecule has 1 unspecified atom stereocenters.